The Hall–Kier alpha value is -0.710. The Balaban J connectivity index is 2.76. The van der Waals surface area contributed by atoms with Crippen molar-refractivity contribution in [3.63, 3.8) is 0 Å². The summed E-state index contributed by atoms with van der Waals surface area (Å²) in [6.07, 6.45) is -1.76. The lowest BCUT2D eigenvalue weighted by Gasteiger charge is -2.08. The van der Waals surface area contributed by atoms with Crippen LogP contribution >= 0.6 is 22.6 Å². The minimum Gasteiger partial charge on any atom is -0.479 e. The van der Waals surface area contributed by atoms with E-state index in [0.717, 1.165) is 3.57 Å². The molecule has 1 aromatic carbocycles. The van der Waals surface area contributed by atoms with Crippen LogP contribution in [0.2, 0.25) is 0 Å². The van der Waals surface area contributed by atoms with Crippen LogP contribution in [0.4, 0.5) is 0 Å². The fraction of sp³-hybridized carbons (Fsp3) is 0.222. The summed E-state index contributed by atoms with van der Waals surface area (Å²) in [4.78, 5) is 10.3. The maximum atomic E-state index is 11.7. The number of hydrogen-bond donors (Lipinski definition) is 3. The van der Waals surface area contributed by atoms with E-state index in [0.29, 0.717) is 0 Å². The van der Waals surface area contributed by atoms with Crippen LogP contribution in [0, 0.1) is 3.57 Å². The van der Waals surface area contributed by atoms with Crippen LogP contribution in [0.1, 0.15) is 0 Å². The van der Waals surface area contributed by atoms with Crippen molar-refractivity contribution < 1.29 is 23.4 Å². The summed E-state index contributed by atoms with van der Waals surface area (Å²) in [7, 11) is -3.78. The van der Waals surface area contributed by atoms with Crippen molar-refractivity contribution in [2.45, 2.75) is 11.0 Å². The maximum absolute atomic E-state index is 11.7. The van der Waals surface area contributed by atoms with E-state index in [2.05, 4.69) is 0 Å². The molecule has 0 aromatic heterocycles. The molecule has 0 saturated heterocycles. The van der Waals surface area contributed by atoms with Gasteiger partial charge in [0.25, 0.3) is 0 Å². The average Bonchev–Trinajstić information content (AvgIpc) is 2.26. The van der Waals surface area contributed by atoms with Crippen LogP contribution in [-0.4, -0.2) is 37.2 Å². The van der Waals surface area contributed by atoms with Gasteiger partial charge in [-0.2, -0.15) is 0 Å². The Morgan fingerprint density at radius 1 is 1.35 bits per heavy atom. The van der Waals surface area contributed by atoms with Crippen molar-refractivity contribution in [2.24, 2.45) is 0 Å². The molecule has 1 rings (SSSR count). The molecule has 0 heterocycles. The van der Waals surface area contributed by atoms with E-state index in [1.54, 1.807) is 12.1 Å². The van der Waals surface area contributed by atoms with Gasteiger partial charge in [0.2, 0.25) is 10.0 Å². The molecule has 3 N–H and O–H groups in total. The van der Waals surface area contributed by atoms with Gasteiger partial charge >= 0.3 is 5.97 Å². The van der Waals surface area contributed by atoms with Gasteiger partial charge in [-0.25, -0.2) is 17.9 Å². The SMILES string of the molecule is O=C(O)C(O)CNS(=O)(=O)c1ccc(I)cc1. The second kappa shape index (κ2) is 5.76. The predicted octanol–water partition coefficient (Wildman–Crippen LogP) is 0.0150. The summed E-state index contributed by atoms with van der Waals surface area (Å²) in [5, 5.41) is 17.4. The van der Waals surface area contributed by atoms with E-state index in [-0.39, 0.29) is 4.90 Å². The molecule has 8 heteroatoms. The highest BCUT2D eigenvalue weighted by Gasteiger charge is 2.19. The van der Waals surface area contributed by atoms with Gasteiger partial charge in [-0.05, 0) is 46.9 Å². The number of aliphatic hydroxyl groups excluding tert-OH is 1. The van der Waals surface area contributed by atoms with Crippen LogP contribution in [0.25, 0.3) is 0 Å². The number of halogens is 1. The van der Waals surface area contributed by atoms with Crippen LogP contribution in [0.15, 0.2) is 29.2 Å². The van der Waals surface area contributed by atoms with E-state index in [9.17, 15) is 13.2 Å². The van der Waals surface area contributed by atoms with Crippen molar-refractivity contribution in [2.75, 3.05) is 6.54 Å². The van der Waals surface area contributed by atoms with Gasteiger partial charge in [-0.15, -0.1) is 0 Å². The number of carboxylic acids is 1. The van der Waals surface area contributed by atoms with Crippen molar-refractivity contribution in [3.05, 3.63) is 27.8 Å². The Kier molecular flexibility index (Phi) is 4.86. The van der Waals surface area contributed by atoms with E-state index in [1.807, 2.05) is 27.3 Å². The monoisotopic (exact) mass is 371 g/mol. The van der Waals surface area contributed by atoms with Gasteiger partial charge in [0, 0.05) is 10.1 Å². The summed E-state index contributed by atoms with van der Waals surface area (Å²) < 4.78 is 26.2. The molecule has 0 fully saturated rings. The van der Waals surface area contributed by atoms with Crippen LogP contribution in [0.3, 0.4) is 0 Å². The van der Waals surface area contributed by atoms with Gasteiger partial charge in [-0.3, -0.25) is 0 Å². The molecule has 1 aromatic rings. The predicted molar refractivity (Wildman–Crippen MR) is 68.0 cm³/mol. The van der Waals surface area contributed by atoms with Crippen molar-refractivity contribution >= 4 is 38.6 Å². The second-order valence-corrected chi connectivity index (χ2v) is 6.17. The third-order valence-electron chi connectivity index (χ3n) is 1.88. The zero-order chi connectivity index (χ0) is 13.1. The maximum Gasteiger partial charge on any atom is 0.333 e. The molecule has 0 bridgehead atoms. The number of aliphatic hydroxyl groups is 1. The topological polar surface area (TPSA) is 104 Å². The molecular weight excluding hydrogens is 361 g/mol. The fourth-order valence-corrected chi connectivity index (χ4v) is 2.37. The second-order valence-electron chi connectivity index (χ2n) is 3.16. The van der Waals surface area contributed by atoms with Gasteiger partial charge in [0.1, 0.15) is 0 Å². The molecule has 0 spiro atoms. The smallest absolute Gasteiger partial charge is 0.333 e. The van der Waals surface area contributed by atoms with E-state index in [4.69, 9.17) is 10.2 Å². The summed E-state index contributed by atoms with van der Waals surface area (Å²) in [6.45, 7) is -0.566. The number of sulfonamides is 1. The third kappa shape index (κ3) is 4.22. The van der Waals surface area contributed by atoms with E-state index >= 15 is 0 Å². The fourth-order valence-electron chi connectivity index (χ4n) is 0.973. The van der Waals surface area contributed by atoms with Crippen LogP contribution in [-0.2, 0) is 14.8 Å². The summed E-state index contributed by atoms with van der Waals surface area (Å²) >= 11 is 2.03. The molecule has 0 aliphatic carbocycles. The standard InChI is InChI=1S/C9H10INO5S/c10-6-1-3-7(4-2-6)17(15,16)11-5-8(12)9(13)14/h1-4,8,11-12H,5H2,(H,13,14). The van der Waals surface area contributed by atoms with Gasteiger partial charge in [-0.1, -0.05) is 0 Å². The van der Waals surface area contributed by atoms with Crippen molar-refractivity contribution in [1.82, 2.24) is 4.72 Å². The zero-order valence-electron chi connectivity index (χ0n) is 8.50. The summed E-state index contributed by atoms with van der Waals surface area (Å²) in [5.41, 5.74) is 0. The number of benzene rings is 1. The molecular formula is C9H10INO5S. The third-order valence-corrected chi connectivity index (χ3v) is 4.03. The number of nitrogens with one attached hydrogen (secondary N) is 1. The first-order chi connectivity index (χ1) is 7.83. The minimum absolute atomic E-state index is 0.0236. The number of rotatable bonds is 5. The molecule has 0 amide bonds. The largest absolute Gasteiger partial charge is 0.479 e. The van der Waals surface area contributed by atoms with Gasteiger partial charge < -0.3 is 10.2 Å². The normalized spacial score (nSPS) is 13.3. The zero-order valence-corrected chi connectivity index (χ0v) is 11.5. The molecule has 1 atom stereocenters. The Labute approximate surface area is 112 Å². The molecule has 1 unspecified atom stereocenters. The lowest BCUT2D eigenvalue weighted by atomic mass is 10.4. The van der Waals surface area contributed by atoms with Crippen LogP contribution < -0.4 is 4.72 Å². The quantitative estimate of drug-likeness (QED) is 0.633. The Morgan fingerprint density at radius 3 is 2.35 bits per heavy atom. The van der Waals surface area contributed by atoms with Gasteiger partial charge in [0.15, 0.2) is 6.10 Å². The molecule has 0 aliphatic rings. The first-order valence-corrected chi connectivity index (χ1v) is 7.05. The van der Waals surface area contributed by atoms with Gasteiger partial charge in [0.05, 0.1) is 4.90 Å². The first kappa shape index (κ1) is 14.4. The molecule has 0 aliphatic heterocycles. The van der Waals surface area contributed by atoms with Crippen molar-refractivity contribution in [3.8, 4) is 0 Å². The first-order valence-electron chi connectivity index (χ1n) is 4.49. The molecule has 0 radical (unpaired) electrons. The molecule has 6 nitrogen and oxygen atoms in total. The number of aliphatic carboxylic acids is 1. The van der Waals surface area contributed by atoms with Crippen LogP contribution in [0.5, 0.6) is 0 Å². The summed E-state index contributed by atoms with van der Waals surface area (Å²) in [5.74, 6) is -1.48. The van der Waals surface area contributed by atoms with Crippen molar-refractivity contribution in [1.29, 1.82) is 0 Å². The lowest BCUT2D eigenvalue weighted by molar-refractivity contribution is -0.146. The molecule has 0 saturated carbocycles. The highest BCUT2D eigenvalue weighted by Crippen LogP contribution is 2.11. The minimum atomic E-state index is -3.78. The highest BCUT2D eigenvalue weighted by atomic mass is 127. The average molecular weight is 371 g/mol. The Bertz CT molecular complexity index is 499. The summed E-state index contributed by atoms with van der Waals surface area (Å²) in [6, 6.07) is 6.03. The lowest BCUT2D eigenvalue weighted by Crippen LogP contribution is -2.36. The number of carbonyl (C=O) groups is 1. The Morgan fingerprint density at radius 2 is 1.88 bits per heavy atom. The number of carboxylic acid groups (broad SMARTS) is 1. The molecule has 17 heavy (non-hydrogen) atoms. The molecule has 94 valence electrons. The van der Waals surface area contributed by atoms with E-state index < -0.39 is 28.6 Å². The van der Waals surface area contributed by atoms with E-state index in [1.165, 1.54) is 12.1 Å². The number of hydrogen-bond acceptors (Lipinski definition) is 4. The highest BCUT2D eigenvalue weighted by molar-refractivity contribution is 14.1.